The highest BCUT2D eigenvalue weighted by molar-refractivity contribution is 5.81. The lowest BCUT2D eigenvalue weighted by Gasteiger charge is -2.31. The van der Waals surface area contributed by atoms with Gasteiger partial charge in [-0.15, -0.1) is 0 Å². The Balaban J connectivity index is 0.00000210. The molecule has 1 atom stereocenters. The molecule has 1 aliphatic rings. The minimum Gasteiger partial charge on any atom is -0.338 e. The van der Waals surface area contributed by atoms with Crippen LogP contribution in [0.25, 0.3) is 0 Å². The Hall–Kier alpha value is -2.86. The molecule has 0 spiro atoms. The molecule has 1 fully saturated rings. The second-order valence-electron chi connectivity index (χ2n) is 9.83. The molecule has 35 heavy (non-hydrogen) atoms. The van der Waals surface area contributed by atoms with E-state index in [1.165, 1.54) is 16.7 Å². The van der Waals surface area contributed by atoms with Gasteiger partial charge in [-0.2, -0.15) is 0 Å². The molecule has 0 aliphatic carbocycles. The monoisotopic (exact) mass is 480 g/mol. The van der Waals surface area contributed by atoms with E-state index in [1.54, 1.807) is 0 Å². The lowest BCUT2D eigenvalue weighted by molar-refractivity contribution is -0.128. The number of carbonyl (C=O) groups is 2. The lowest BCUT2D eigenvalue weighted by Crippen LogP contribution is -2.41. The first-order chi connectivity index (χ1) is 16.7. The summed E-state index contributed by atoms with van der Waals surface area (Å²) in [6.45, 7) is 17.3. The molecule has 3 amide bonds. The van der Waals surface area contributed by atoms with Crippen LogP contribution in [0.2, 0.25) is 0 Å². The largest absolute Gasteiger partial charge is 0.338 e. The van der Waals surface area contributed by atoms with Crippen LogP contribution in [0.1, 0.15) is 70.0 Å². The van der Waals surface area contributed by atoms with E-state index >= 15 is 0 Å². The second kappa shape index (κ2) is 13.3. The SMILES string of the molecule is CC.CCNC(=O)NCCN1CC(=O)N(CCc2ccc(C)cc2)C1c1ccc(C(C)(C)C)cc1. The van der Waals surface area contributed by atoms with E-state index in [1.807, 2.05) is 25.7 Å². The van der Waals surface area contributed by atoms with E-state index in [0.29, 0.717) is 32.7 Å². The number of hydrogen-bond acceptors (Lipinski definition) is 3. The molecule has 3 rings (SSSR count). The number of benzene rings is 2. The van der Waals surface area contributed by atoms with Gasteiger partial charge in [0.05, 0.1) is 6.54 Å². The predicted molar refractivity (Wildman–Crippen MR) is 144 cm³/mol. The van der Waals surface area contributed by atoms with Crippen molar-refractivity contribution in [2.75, 3.05) is 32.7 Å². The van der Waals surface area contributed by atoms with Crippen LogP contribution in [-0.4, -0.2) is 54.5 Å². The molecular weight excluding hydrogens is 436 g/mol. The summed E-state index contributed by atoms with van der Waals surface area (Å²) in [5.74, 6) is 0.130. The smallest absolute Gasteiger partial charge is 0.314 e. The average Bonchev–Trinajstić information content (AvgIpc) is 3.14. The van der Waals surface area contributed by atoms with E-state index < -0.39 is 0 Å². The maximum absolute atomic E-state index is 13.1. The Morgan fingerprint density at radius 2 is 1.60 bits per heavy atom. The molecule has 192 valence electrons. The highest BCUT2D eigenvalue weighted by atomic mass is 16.2. The van der Waals surface area contributed by atoms with Crippen molar-refractivity contribution in [1.82, 2.24) is 20.4 Å². The fourth-order valence-corrected chi connectivity index (χ4v) is 4.22. The molecule has 6 nitrogen and oxygen atoms in total. The molecule has 1 heterocycles. The quantitative estimate of drug-likeness (QED) is 0.557. The van der Waals surface area contributed by atoms with E-state index in [9.17, 15) is 9.59 Å². The molecule has 2 aromatic carbocycles. The van der Waals surface area contributed by atoms with Crippen LogP contribution >= 0.6 is 0 Å². The Bertz CT molecular complexity index is 933. The molecule has 0 radical (unpaired) electrons. The maximum atomic E-state index is 13.1. The third-order valence-electron chi connectivity index (χ3n) is 6.16. The molecule has 0 aromatic heterocycles. The Morgan fingerprint density at radius 1 is 0.971 bits per heavy atom. The summed E-state index contributed by atoms with van der Waals surface area (Å²) in [6, 6.07) is 17.0. The molecule has 0 bridgehead atoms. The zero-order chi connectivity index (χ0) is 26.0. The fourth-order valence-electron chi connectivity index (χ4n) is 4.22. The van der Waals surface area contributed by atoms with Crippen molar-refractivity contribution in [1.29, 1.82) is 0 Å². The highest BCUT2D eigenvalue weighted by Gasteiger charge is 2.38. The van der Waals surface area contributed by atoms with Crippen LogP contribution in [-0.2, 0) is 16.6 Å². The van der Waals surface area contributed by atoms with Crippen LogP contribution in [0, 0.1) is 6.92 Å². The van der Waals surface area contributed by atoms with Crippen LogP contribution in [0.5, 0.6) is 0 Å². The molecule has 1 aliphatic heterocycles. The zero-order valence-electron chi connectivity index (χ0n) is 22.6. The third-order valence-corrected chi connectivity index (χ3v) is 6.16. The number of amides is 3. The van der Waals surface area contributed by atoms with E-state index in [4.69, 9.17) is 0 Å². The van der Waals surface area contributed by atoms with Gasteiger partial charge in [0.25, 0.3) is 0 Å². The first-order valence-corrected chi connectivity index (χ1v) is 12.9. The number of rotatable bonds is 8. The molecule has 1 unspecified atom stereocenters. The third kappa shape index (κ3) is 8.10. The summed E-state index contributed by atoms with van der Waals surface area (Å²) >= 11 is 0. The van der Waals surface area contributed by atoms with Crippen LogP contribution in [0.15, 0.2) is 48.5 Å². The molecule has 0 saturated carbocycles. The zero-order valence-corrected chi connectivity index (χ0v) is 22.6. The van der Waals surface area contributed by atoms with E-state index in [0.717, 1.165) is 12.0 Å². The van der Waals surface area contributed by atoms with Gasteiger partial charge in [0, 0.05) is 26.2 Å². The summed E-state index contributed by atoms with van der Waals surface area (Å²) in [5.41, 5.74) is 4.91. The van der Waals surface area contributed by atoms with E-state index in [2.05, 4.69) is 91.8 Å². The van der Waals surface area contributed by atoms with Gasteiger partial charge >= 0.3 is 6.03 Å². The fraction of sp³-hybridized carbons (Fsp3) is 0.517. The van der Waals surface area contributed by atoms with Crippen molar-refractivity contribution < 1.29 is 9.59 Å². The van der Waals surface area contributed by atoms with Crippen molar-refractivity contribution in [3.8, 4) is 0 Å². The van der Waals surface area contributed by atoms with Crippen molar-refractivity contribution in [2.24, 2.45) is 0 Å². The van der Waals surface area contributed by atoms with Crippen molar-refractivity contribution in [2.45, 2.75) is 66.5 Å². The van der Waals surface area contributed by atoms with Gasteiger partial charge in [-0.3, -0.25) is 9.69 Å². The lowest BCUT2D eigenvalue weighted by atomic mass is 9.86. The number of urea groups is 1. The van der Waals surface area contributed by atoms with Gasteiger partial charge in [0.2, 0.25) is 5.91 Å². The summed E-state index contributed by atoms with van der Waals surface area (Å²) in [7, 11) is 0. The normalized spacial score (nSPS) is 16.0. The van der Waals surface area contributed by atoms with Gasteiger partial charge in [0.15, 0.2) is 0 Å². The number of nitrogens with one attached hydrogen (secondary N) is 2. The highest BCUT2D eigenvalue weighted by Crippen LogP contribution is 2.32. The predicted octanol–water partition coefficient (Wildman–Crippen LogP) is 5.02. The standard InChI is InChI=1S/C27H38N4O2.C2H6/c1-6-28-26(33)29-16-18-30-19-24(32)31(17-15-21-9-7-20(2)8-10-21)25(30)22-11-13-23(14-12-22)27(3,4)5;1-2/h7-14,25H,6,15-19H2,1-5H3,(H2,28,29,33);1-2H3. The van der Waals surface area contributed by atoms with Gasteiger partial charge in [-0.1, -0.05) is 88.7 Å². The number of aryl methyl sites for hydroxylation is 1. The average molecular weight is 481 g/mol. The molecule has 2 aromatic rings. The number of nitrogens with zero attached hydrogens (tertiary/aromatic N) is 2. The van der Waals surface area contributed by atoms with E-state index in [-0.39, 0.29) is 23.5 Å². The molecule has 2 N–H and O–H groups in total. The van der Waals surface area contributed by atoms with Gasteiger partial charge < -0.3 is 15.5 Å². The molecule has 6 heteroatoms. The summed E-state index contributed by atoms with van der Waals surface area (Å²) in [5, 5.41) is 5.63. The molecule has 1 saturated heterocycles. The van der Waals surface area contributed by atoms with Crippen molar-refractivity contribution >= 4 is 11.9 Å². The van der Waals surface area contributed by atoms with Gasteiger partial charge in [0.1, 0.15) is 6.17 Å². The van der Waals surface area contributed by atoms with Crippen LogP contribution < -0.4 is 10.6 Å². The number of hydrogen-bond donors (Lipinski definition) is 2. The van der Waals surface area contributed by atoms with Crippen molar-refractivity contribution in [3.63, 3.8) is 0 Å². The first kappa shape index (κ1) is 28.4. The van der Waals surface area contributed by atoms with Gasteiger partial charge in [-0.05, 0) is 42.4 Å². The van der Waals surface area contributed by atoms with Crippen LogP contribution in [0.3, 0.4) is 0 Å². The second-order valence-corrected chi connectivity index (χ2v) is 9.83. The summed E-state index contributed by atoms with van der Waals surface area (Å²) in [4.78, 5) is 29.0. The number of carbonyl (C=O) groups excluding carboxylic acids is 2. The minimum absolute atomic E-state index is 0.0748. The van der Waals surface area contributed by atoms with Crippen molar-refractivity contribution in [3.05, 3.63) is 70.8 Å². The minimum atomic E-state index is -0.176. The van der Waals surface area contributed by atoms with Crippen LogP contribution in [0.4, 0.5) is 4.79 Å². The maximum Gasteiger partial charge on any atom is 0.314 e. The Morgan fingerprint density at radius 3 is 2.17 bits per heavy atom. The topological polar surface area (TPSA) is 64.7 Å². The van der Waals surface area contributed by atoms with Gasteiger partial charge in [-0.25, -0.2) is 4.79 Å². The summed E-state index contributed by atoms with van der Waals surface area (Å²) in [6.07, 6.45) is 0.682. The first-order valence-electron chi connectivity index (χ1n) is 12.9. The Labute approximate surface area is 212 Å². The Kier molecular flexibility index (Phi) is 10.8. The molecular formula is C29H44N4O2. The summed E-state index contributed by atoms with van der Waals surface area (Å²) < 4.78 is 0.